The molecule has 84 valence electrons. The molecule has 1 aromatic carbocycles. The molecule has 0 unspecified atom stereocenters. The van der Waals surface area contributed by atoms with Crippen molar-refractivity contribution in [3.63, 3.8) is 0 Å². The van der Waals surface area contributed by atoms with Crippen molar-refractivity contribution in [2.24, 2.45) is 5.92 Å². The highest BCUT2D eigenvalue weighted by Gasteiger charge is 2.16. The van der Waals surface area contributed by atoms with Gasteiger partial charge in [0.05, 0.1) is 0 Å². The predicted molar refractivity (Wildman–Crippen MR) is 68.5 cm³/mol. The first-order chi connectivity index (χ1) is 6.91. The summed E-state index contributed by atoms with van der Waals surface area (Å²) in [6.45, 7) is 12.3. The fourth-order valence-electron chi connectivity index (χ4n) is 1.61. The normalized spacial score (nSPS) is 11.9. The van der Waals surface area contributed by atoms with E-state index in [2.05, 4.69) is 64.2 Å². The average molecular weight is 205 g/mol. The molecule has 0 amide bonds. The first-order valence-corrected chi connectivity index (χ1v) is 5.74. The maximum Gasteiger partial charge on any atom is 0.0378 e. The Morgan fingerprint density at radius 1 is 1.13 bits per heavy atom. The van der Waals surface area contributed by atoms with Crippen molar-refractivity contribution in [2.75, 3.05) is 11.9 Å². The standard InChI is InChI=1S/C14H23N/c1-11(2)10-15-13-9-7-6-8-12(13)14(3,4)5/h6-9,11,15H,10H2,1-5H3. The third-order valence-corrected chi connectivity index (χ3v) is 2.44. The summed E-state index contributed by atoms with van der Waals surface area (Å²) in [5, 5.41) is 3.52. The molecule has 0 bridgehead atoms. The second kappa shape index (κ2) is 4.69. The molecule has 0 atom stereocenters. The van der Waals surface area contributed by atoms with Crippen LogP contribution in [-0.2, 0) is 5.41 Å². The summed E-state index contributed by atoms with van der Waals surface area (Å²) in [5.74, 6) is 0.679. The summed E-state index contributed by atoms with van der Waals surface area (Å²) in [6, 6.07) is 8.59. The van der Waals surface area contributed by atoms with Gasteiger partial charge in [-0.15, -0.1) is 0 Å². The number of hydrogen-bond acceptors (Lipinski definition) is 1. The van der Waals surface area contributed by atoms with E-state index in [0.717, 1.165) is 6.54 Å². The number of anilines is 1. The van der Waals surface area contributed by atoms with Gasteiger partial charge in [-0.25, -0.2) is 0 Å². The van der Waals surface area contributed by atoms with E-state index in [1.807, 2.05) is 0 Å². The molecule has 0 heterocycles. The molecule has 0 aliphatic heterocycles. The van der Waals surface area contributed by atoms with Crippen LogP contribution in [0, 0.1) is 5.92 Å². The van der Waals surface area contributed by atoms with Crippen molar-refractivity contribution in [3.8, 4) is 0 Å². The maximum atomic E-state index is 3.52. The zero-order valence-electron chi connectivity index (χ0n) is 10.6. The minimum absolute atomic E-state index is 0.209. The number of hydrogen-bond donors (Lipinski definition) is 1. The minimum Gasteiger partial charge on any atom is -0.385 e. The van der Waals surface area contributed by atoms with Crippen LogP contribution in [0.1, 0.15) is 40.2 Å². The molecule has 1 nitrogen and oxygen atoms in total. The molecule has 0 saturated heterocycles. The van der Waals surface area contributed by atoms with Crippen LogP contribution >= 0.6 is 0 Å². The molecular formula is C14H23N. The van der Waals surface area contributed by atoms with Gasteiger partial charge in [0, 0.05) is 12.2 Å². The van der Waals surface area contributed by atoms with E-state index in [0.29, 0.717) is 5.92 Å². The molecule has 0 saturated carbocycles. The van der Waals surface area contributed by atoms with Gasteiger partial charge in [0.15, 0.2) is 0 Å². The van der Waals surface area contributed by atoms with E-state index < -0.39 is 0 Å². The molecule has 0 radical (unpaired) electrons. The van der Waals surface area contributed by atoms with Crippen LogP contribution in [0.4, 0.5) is 5.69 Å². The van der Waals surface area contributed by atoms with Crippen molar-refractivity contribution in [3.05, 3.63) is 29.8 Å². The van der Waals surface area contributed by atoms with E-state index in [1.54, 1.807) is 0 Å². The molecule has 0 aliphatic carbocycles. The Labute approximate surface area is 93.9 Å². The third kappa shape index (κ3) is 3.58. The lowest BCUT2D eigenvalue weighted by Gasteiger charge is -2.23. The van der Waals surface area contributed by atoms with Crippen LogP contribution in [0.5, 0.6) is 0 Å². The number of para-hydroxylation sites is 1. The summed E-state index contributed by atoms with van der Waals surface area (Å²) < 4.78 is 0. The fourth-order valence-corrected chi connectivity index (χ4v) is 1.61. The largest absolute Gasteiger partial charge is 0.385 e. The van der Waals surface area contributed by atoms with E-state index in [4.69, 9.17) is 0 Å². The molecule has 1 rings (SSSR count). The monoisotopic (exact) mass is 205 g/mol. The Bertz CT molecular complexity index is 307. The lowest BCUT2D eigenvalue weighted by molar-refractivity contribution is 0.590. The van der Waals surface area contributed by atoms with Crippen molar-refractivity contribution in [1.82, 2.24) is 0 Å². The van der Waals surface area contributed by atoms with Crippen molar-refractivity contribution in [2.45, 2.75) is 40.0 Å². The number of nitrogens with one attached hydrogen (secondary N) is 1. The Balaban J connectivity index is 2.87. The predicted octanol–water partition coefficient (Wildman–Crippen LogP) is 4.05. The summed E-state index contributed by atoms with van der Waals surface area (Å²) in [6.07, 6.45) is 0. The smallest absolute Gasteiger partial charge is 0.0378 e. The Morgan fingerprint density at radius 3 is 2.27 bits per heavy atom. The van der Waals surface area contributed by atoms with Gasteiger partial charge >= 0.3 is 0 Å². The molecule has 0 aromatic heterocycles. The molecule has 0 aliphatic rings. The second-order valence-electron chi connectivity index (χ2n) is 5.57. The quantitative estimate of drug-likeness (QED) is 0.785. The highest BCUT2D eigenvalue weighted by molar-refractivity contribution is 5.54. The van der Waals surface area contributed by atoms with E-state index >= 15 is 0 Å². The first-order valence-electron chi connectivity index (χ1n) is 5.74. The Kier molecular flexibility index (Phi) is 3.78. The summed E-state index contributed by atoms with van der Waals surface area (Å²) >= 11 is 0. The van der Waals surface area contributed by atoms with Crippen molar-refractivity contribution >= 4 is 5.69 Å². The molecule has 0 fully saturated rings. The fraction of sp³-hybridized carbons (Fsp3) is 0.571. The van der Waals surface area contributed by atoms with Gasteiger partial charge in [-0.05, 0) is 23.0 Å². The lowest BCUT2D eigenvalue weighted by atomic mass is 9.86. The Morgan fingerprint density at radius 2 is 1.73 bits per heavy atom. The van der Waals surface area contributed by atoms with Gasteiger partial charge in [0.1, 0.15) is 0 Å². The van der Waals surface area contributed by atoms with Crippen LogP contribution in [-0.4, -0.2) is 6.54 Å². The number of benzene rings is 1. The first kappa shape index (κ1) is 12.1. The van der Waals surface area contributed by atoms with E-state index in [1.165, 1.54) is 11.3 Å². The van der Waals surface area contributed by atoms with E-state index in [-0.39, 0.29) is 5.41 Å². The average Bonchev–Trinajstić information content (AvgIpc) is 2.13. The minimum atomic E-state index is 0.209. The molecule has 0 spiro atoms. The molecule has 15 heavy (non-hydrogen) atoms. The highest BCUT2D eigenvalue weighted by Crippen LogP contribution is 2.29. The summed E-state index contributed by atoms with van der Waals surface area (Å²) in [5.41, 5.74) is 2.88. The van der Waals surface area contributed by atoms with Crippen LogP contribution in [0.3, 0.4) is 0 Å². The number of rotatable bonds is 3. The van der Waals surface area contributed by atoms with Crippen LogP contribution in [0.15, 0.2) is 24.3 Å². The molecule has 1 aromatic rings. The van der Waals surface area contributed by atoms with Crippen molar-refractivity contribution < 1.29 is 0 Å². The van der Waals surface area contributed by atoms with E-state index in [9.17, 15) is 0 Å². The summed E-state index contributed by atoms with van der Waals surface area (Å²) in [4.78, 5) is 0. The zero-order chi connectivity index (χ0) is 11.5. The second-order valence-corrected chi connectivity index (χ2v) is 5.57. The van der Waals surface area contributed by atoms with Gasteiger partial charge in [0.2, 0.25) is 0 Å². The molecule has 1 heteroatoms. The summed E-state index contributed by atoms with van der Waals surface area (Å²) in [7, 11) is 0. The van der Waals surface area contributed by atoms with Gasteiger partial charge in [-0.1, -0.05) is 52.8 Å². The zero-order valence-corrected chi connectivity index (χ0v) is 10.6. The van der Waals surface area contributed by atoms with Crippen LogP contribution in [0.2, 0.25) is 0 Å². The molecular weight excluding hydrogens is 182 g/mol. The lowest BCUT2D eigenvalue weighted by Crippen LogP contribution is -2.16. The highest BCUT2D eigenvalue weighted by atomic mass is 14.9. The van der Waals surface area contributed by atoms with Crippen LogP contribution in [0.25, 0.3) is 0 Å². The molecule has 1 N–H and O–H groups in total. The van der Waals surface area contributed by atoms with Gasteiger partial charge < -0.3 is 5.32 Å². The van der Waals surface area contributed by atoms with Crippen LogP contribution < -0.4 is 5.32 Å². The maximum absolute atomic E-state index is 3.52. The SMILES string of the molecule is CC(C)CNc1ccccc1C(C)(C)C. The van der Waals surface area contributed by atoms with Gasteiger partial charge in [-0.2, -0.15) is 0 Å². The Hall–Kier alpha value is -0.980. The third-order valence-electron chi connectivity index (χ3n) is 2.44. The topological polar surface area (TPSA) is 12.0 Å². The van der Waals surface area contributed by atoms with Gasteiger partial charge in [0.25, 0.3) is 0 Å². The van der Waals surface area contributed by atoms with Crippen molar-refractivity contribution in [1.29, 1.82) is 0 Å². The van der Waals surface area contributed by atoms with Gasteiger partial charge in [-0.3, -0.25) is 0 Å².